The van der Waals surface area contributed by atoms with Gasteiger partial charge in [-0.25, -0.2) is 0 Å². The van der Waals surface area contributed by atoms with E-state index in [1.165, 1.54) is 0 Å². The molecule has 0 radical (unpaired) electrons. The zero-order valence-electron chi connectivity index (χ0n) is 11.9. The largest absolute Gasteiger partial charge is 0.452 e. The van der Waals surface area contributed by atoms with Gasteiger partial charge in [0.15, 0.2) is 5.75 Å². The molecule has 1 N–H and O–H groups in total. The molecule has 1 aromatic carbocycles. The third-order valence-corrected chi connectivity index (χ3v) is 3.40. The summed E-state index contributed by atoms with van der Waals surface area (Å²) in [5.74, 6) is 1.36. The van der Waals surface area contributed by atoms with E-state index in [4.69, 9.17) is 4.74 Å². The number of aromatic amines is 1. The van der Waals surface area contributed by atoms with Crippen LogP contribution in [0.2, 0.25) is 0 Å². The van der Waals surface area contributed by atoms with Crippen molar-refractivity contribution >= 4 is 10.9 Å². The number of H-pyrrole nitrogens is 1. The Morgan fingerprint density at radius 1 is 1.14 bits per heavy atom. The fourth-order valence-electron chi connectivity index (χ4n) is 2.44. The van der Waals surface area contributed by atoms with Gasteiger partial charge in [0.2, 0.25) is 0 Å². The van der Waals surface area contributed by atoms with Gasteiger partial charge in [-0.15, -0.1) is 0 Å². The van der Waals surface area contributed by atoms with Crippen LogP contribution in [0.5, 0.6) is 11.5 Å². The minimum atomic E-state index is 0.677. The molecule has 3 heterocycles. The molecule has 0 fully saturated rings. The molecule has 22 heavy (non-hydrogen) atoms. The molecule has 0 bridgehead atoms. The first-order valence-electron chi connectivity index (χ1n) is 6.85. The summed E-state index contributed by atoms with van der Waals surface area (Å²) in [5, 5.41) is 12.6. The van der Waals surface area contributed by atoms with E-state index in [1.54, 1.807) is 23.3 Å². The van der Waals surface area contributed by atoms with Gasteiger partial charge >= 0.3 is 0 Å². The van der Waals surface area contributed by atoms with Gasteiger partial charge in [0, 0.05) is 24.2 Å². The quantitative estimate of drug-likeness (QED) is 0.629. The van der Waals surface area contributed by atoms with Crippen molar-refractivity contribution in [1.29, 1.82) is 0 Å². The van der Waals surface area contributed by atoms with E-state index in [0.29, 0.717) is 11.5 Å². The standard InChI is InChI=1S/C16H13N5O/c1-21-10-15(22-11-4-3-7-17-8-11)16(20-21)12-5-2-6-14-13(12)9-18-19-14/h2-10H,1H3,(H,18,19). The maximum Gasteiger partial charge on any atom is 0.173 e. The number of rotatable bonds is 3. The summed E-state index contributed by atoms with van der Waals surface area (Å²) in [6.45, 7) is 0. The van der Waals surface area contributed by atoms with Crippen LogP contribution in [0.25, 0.3) is 22.2 Å². The van der Waals surface area contributed by atoms with Gasteiger partial charge in [0.1, 0.15) is 11.4 Å². The molecule has 0 atom stereocenters. The maximum atomic E-state index is 5.93. The van der Waals surface area contributed by atoms with Crippen LogP contribution in [0.15, 0.2) is 55.1 Å². The molecule has 108 valence electrons. The van der Waals surface area contributed by atoms with Gasteiger partial charge in [0.25, 0.3) is 0 Å². The molecule has 6 nitrogen and oxygen atoms in total. The minimum absolute atomic E-state index is 0.677. The number of hydrogen-bond donors (Lipinski definition) is 1. The molecule has 0 saturated carbocycles. The first-order chi connectivity index (χ1) is 10.8. The molecule has 4 rings (SSSR count). The highest BCUT2D eigenvalue weighted by atomic mass is 16.5. The molecule has 6 heteroatoms. The van der Waals surface area contributed by atoms with E-state index < -0.39 is 0 Å². The second-order valence-corrected chi connectivity index (χ2v) is 4.94. The molecule has 0 aliphatic carbocycles. The summed E-state index contributed by atoms with van der Waals surface area (Å²) >= 11 is 0. The lowest BCUT2D eigenvalue weighted by molar-refractivity contribution is 0.481. The molecule has 0 aliphatic heterocycles. The summed E-state index contributed by atoms with van der Waals surface area (Å²) in [6.07, 6.45) is 7.03. The van der Waals surface area contributed by atoms with Crippen LogP contribution in [0.3, 0.4) is 0 Å². The van der Waals surface area contributed by atoms with Crippen molar-refractivity contribution in [2.24, 2.45) is 7.05 Å². The second kappa shape index (κ2) is 5.00. The number of aromatic nitrogens is 5. The molecule has 0 aliphatic rings. The number of nitrogens with one attached hydrogen (secondary N) is 1. The van der Waals surface area contributed by atoms with E-state index in [9.17, 15) is 0 Å². The number of nitrogens with zero attached hydrogens (tertiary/aromatic N) is 4. The van der Waals surface area contributed by atoms with Crippen LogP contribution >= 0.6 is 0 Å². The van der Waals surface area contributed by atoms with Crippen LogP contribution in [0.4, 0.5) is 0 Å². The molecular formula is C16H13N5O. The topological polar surface area (TPSA) is 68.6 Å². The fraction of sp³-hybridized carbons (Fsp3) is 0.0625. The van der Waals surface area contributed by atoms with Crippen LogP contribution in [-0.2, 0) is 7.05 Å². The third-order valence-electron chi connectivity index (χ3n) is 3.40. The molecule has 3 aromatic heterocycles. The smallest absolute Gasteiger partial charge is 0.173 e. The summed E-state index contributed by atoms with van der Waals surface area (Å²) in [6, 6.07) is 9.66. The molecular weight excluding hydrogens is 278 g/mol. The third kappa shape index (κ3) is 2.10. The van der Waals surface area contributed by atoms with Gasteiger partial charge in [-0.3, -0.25) is 14.8 Å². The number of fused-ring (bicyclic) bond motifs is 1. The summed E-state index contributed by atoms with van der Waals surface area (Å²) < 4.78 is 7.67. The average molecular weight is 291 g/mol. The zero-order chi connectivity index (χ0) is 14.9. The van der Waals surface area contributed by atoms with E-state index >= 15 is 0 Å². The Hall–Kier alpha value is -3.15. The Labute approximate surface area is 126 Å². The summed E-state index contributed by atoms with van der Waals surface area (Å²) in [7, 11) is 1.87. The summed E-state index contributed by atoms with van der Waals surface area (Å²) in [5.41, 5.74) is 2.72. The SMILES string of the molecule is Cn1cc(Oc2cccnc2)c(-c2cccc3[nH]ncc23)n1. The van der Waals surface area contributed by atoms with E-state index in [2.05, 4.69) is 20.3 Å². The minimum Gasteiger partial charge on any atom is -0.452 e. The number of hydrogen-bond acceptors (Lipinski definition) is 4. The monoisotopic (exact) mass is 291 g/mol. The summed E-state index contributed by atoms with van der Waals surface area (Å²) in [4.78, 5) is 4.06. The van der Waals surface area contributed by atoms with Crippen molar-refractivity contribution < 1.29 is 4.74 Å². The van der Waals surface area contributed by atoms with Crippen molar-refractivity contribution in [3.8, 4) is 22.8 Å². The van der Waals surface area contributed by atoms with Crippen LogP contribution < -0.4 is 4.74 Å². The predicted octanol–water partition coefficient (Wildman–Crippen LogP) is 3.15. The Morgan fingerprint density at radius 3 is 2.95 bits per heavy atom. The van der Waals surface area contributed by atoms with Gasteiger partial charge in [-0.05, 0) is 18.2 Å². The molecule has 0 unspecified atom stereocenters. The normalized spacial score (nSPS) is 11.0. The first-order valence-corrected chi connectivity index (χ1v) is 6.85. The Balaban J connectivity index is 1.84. The molecule has 0 amide bonds. The van der Waals surface area contributed by atoms with Crippen molar-refractivity contribution in [3.63, 3.8) is 0 Å². The van der Waals surface area contributed by atoms with Crippen molar-refractivity contribution in [2.45, 2.75) is 0 Å². The first kappa shape index (κ1) is 12.6. The van der Waals surface area contributed by atoms with Crippen molar-refractivity contribution in [3.05, 3.63) is 55.1 Å². The Bertz CT molecular complexity index is 926. The Morgan fingerprint density at radius 2 is 2.09 bits per heavy atom. The van der Waals surface area contributed by atoms with Crippen LogP contribution in [0, 0.1) is 0 Å². The average Bonchev–Trinajstić information content (AvgIpc) is 3.14. The highest BCUT2D eigenvalue weighted by Gasteiger charge is 2.15. The number of pyridine rings is 1. The molecule has 0 saturated heterocycles. The number of benzene rings is 1. The number of ether oxygens (including phenoxy) is 1. The van der Waals surface area contributed by atoms with Gasteiger partial charge in [-0.1, -0.05) is 12.1 Å². The van der Waals surface area contributed by atoms with E-state index in [1.807, 2.05) is 43.6 Å². The zero-order valence-corrected chi connectivity index (χ0v) is 11.9. The van der Waals surface area contributed by atoms with E-state index in [-0.39, 0.29) is 0 Å². The lowest BCUT2D eigenvalue weighted by Crippen LogP contribution is -1.88. The predicted molar refractivity (Wildman–Crippen MR) is 82.6 cm³/mol. The maximum absolute atomic E-state index is 5.93. The van der Waals surface area contributed by atoms with Gasteiger partial charge in [-0.2, -0.15) is 10.2 Å². The van der Waals surface area contributed by atoms with Crippen LogP contribution in [-0.4, -0.2) is 25.0 Å². The fourth-order valence-corrected chi connectivity index (χ4v) is 2.44. The highest BCUT2D eigenvalue weighted by Crippen LogP contribution is 2.35. The lowest BCUT2D eigenvalue weighted by Gasteiger charge is -2.05. The highest BCUT2D eigenvalue weighted by molar-refractivity contribution is 5.94. The Kier molecular flexibility index (Phi) is 2.86. The van der Waals surface area contributed by atoms with Crippen molar-refractivity contribution in [2.75, 3.05) is 0 Å². The van der Waals surface area contributed by atoms with E-state index in [0.717, 1.165) is 22.2 Å². The second-order valence-electron chi connectivity index (χ2n) is 4.94. The molecule has 0 spiro atoms. The van der Waals surface area contributed by atoms with Crippen LogP contribution in [0.1, 0.15) is 0 Å². The van der Waals surface area contributed by atoms with Gasteiger partial charge < -0.3 is 4.74 Å². The lowest BCUT2D eigenvalue weighted by atomic mass is 10.1. The van der Waals surface area contributed by atoms with Gasteiger partial charge in [0.05, 0.1) is 24.1 Å². The molecule has 4 aromatic rings. The number of aryl methyl sites for hydroxylation is 1. The van der Waals surface area contributed by atoms with Crippen molar-refractivity contribution in [1.82, 2.24) is 25.0 Å².